The smallest absolute Gasteiger partial charge is 0.409 e. The Morgan fingerprint density at radius 1 is 1.19 bits per heavy atom. The van der Waals surface area contributed by atoms with E-state index < -0.39 is 0 Å². The van der Waals surface area contributed by atoms with Gasteiger partial charge in [-0.25, -0.2) is 9.78 Å². The minimum absolute atomic E-state index is 0.00293. The average molecular weight is 441 g/mol. The molecule has 7 nitrogen and oxygen atoms in total. The van der Waals surface area contributed by atoms with E-state index in [0.29, 0.717) is 26.1 Å². The van der Waals surface area contributed by atoms with Gasteiger partial charge in [0.15, 0.2) is 4.96 Å². The topological polar surface area (TPSA) is 75.9 Å². The normalized spacial score (nSPS) is 14.7. The Kier molecular flexibility index (Phi) is 6.56. The zero-order valence-electron chi connectivity index (χ0n) is 18.0. The van der Waals surface area contributed by atoms with Crippen molar-refractivity contribution in [2.24, 2.45) is 0 Å². The summed E-state index contributed by atoms with van der Waals surface area (Å²) in [5, 5.41) is 5.11. The van der Waals surface area contributed by atoms with Crippen molar-refractivity contribution in [3.05, 3.63) is 47.1 Å². The van der Waals surface area contributed by atoms with Gasteiger partial charge >= 0.3 is 6.09 Å². The summed E-state index contributed by atoms with van der Waals surface area (Å²) in [4.78, 5) is 31.8. The van der Waals surface area contributed by atoms with E-state index in [1.54, 1.807) is 23.2 Å². The van der Waals surface area contributed by atoms with Crippen molar-refractivity contribution in [2.45, 2.75) is 45.6 Å². The van der Waals surface area contributed by atoms with E-state index >= 15 is 0 Å². The van der Waals surface area contributed by atoms with Crippen molar-refractivity contribution >= 4 is 28.3 Å². The monoisotopic (exact) mass is 440 g/mol. The van der Waals surface area contributed by atoms with Crippen LogP contribution in [0.5, 0.6) is 0 Å². The van der Waals surface area contributed by atoms with Gasteiger partial charge in [-0.05, 0) is 31.7 Å². The predicted molar refractivity (Wildman–Crippen MR) is 121 cm³/mol. The van der Waals surface area contributed by atoms with Crippen LogP contribution in [0.3, 0.4) is 0 Å². The van der Waals surface area contributed by atoms with Gasteiger partial charge in [0.1, 0.15) is 0 Å². The van der Waals surface area contributed by atoms with Gasteiger partial charge < -0.3 is 15.0 Å². The molecular weight excluding hydrogens is 412 g/mol. The fraction of sp³-hybridized carbons (Fsp3) is 0.435. The molecule has 1 N–H and O–H groups in total. The number of aromatic nitrogens is 2. The summed E-state index contributed by atoms with van der Waals surface area (Å²) in [5.74, 6) is -0.00293. The van der Waals surface area contributed by atoms with Gasteiger partial charge in [0, 0.05) is 42.0 Å². The molecule has 1 fully saturated rings. The van der Waals surface area contributed by atoms with Gasteiger partial charge in [-0.3, -0.25) is 9.20 Å². The Balaban J connectivity index is 1.36. The van der Waals surface area contributed by atoms with Crippen molar-refractivity contribution < 1.29 is 14.3 Å². The number of likely N-dealkylation sites (tertiary alicyclic amines) is 1. The third-order valence-corrected chi connectivity index (χ3v) is 6.56. The lowest BCUT2D eigenvalue weighted by atomic mass is 10.1. The number of thiazole rings is 1. The Morgan fingerprint density at radius 3 is 2.61 bits per heavy atom. The molecule has 164 valence electrons. The highest BCUT2D eigenvalue weighted by Gasteiger charge is 2.25. The van der Waals surface area contributed by atoms with E-state index in [0.717, 1.165) is 41.2 Å². The van der Waals surface area contributed by atoms with Crippen molar-refractivity contribution in [1.82, 2.24) is 19.6 Å². The summed E-state index contributed by atoms with van der Waals surface area (Å²) in [6.45, 7) is 5.53. The second-order valence-corrected chi connectivity index (χ2v) is 8.60. The molecule has 0 aliphatic carbocycles. The molecule has 2 amide bonds. The largest absolute Gasteiger partial charge is 0.450 e. The summed E-state index contributed by atoms with van der Waals surface area (Å²) in [6, 6.07) is 8.54. The van der Waals surface area contributed by atoms with Crippen molar-refractivity contribution in [3.63, 3.8) is 0 Å². The van der Waals surface area contributed by atoms with Gasteiger partial charge in [-0.2, -0.15) is 0 Å². The summed E-state index contributed by atoms with van der Waals surface area (Å²) in [5.41, 5.74) is 4.24. The van der Waals surface area contributed by atoms with Crippen LogP contribution in [0.25, 0.3) is 16.2 Å². The SMILES string of the molecule is CCOC(=O)N1CCC(NC(=O)Cc2csc3nc(-c4ccc(CC)cc4)cn23)CC1. The first-order chi connectivity index (χ1) is 15.1. The number of ether oxygens (including phenoxy) is 1. The number of piperidine rings is 1. The van der Waals surface area contributed by atoms with Crippen LogP contribution in [0, 0.1) is 0 Å². The number of carbonyl (C=O) groups is 2. The Hall–Kier alpha value is -2.87. The summed E-state index contributed by atoms with van der Waals surface area (Å²) in [6.07, 6.45) is 4.54. The minimum atomic E-state index is -0.270. The van der Waals surface area contributed by atoms with Crippen LogP contribution < -0.4 is 5.32 Å². The number of nitrogens with zero attached hydrogens (tertiary/aromatic N) is 3. The number of hydrogen-bond acceptors (Lipinski definition) is 5. The van der Waals surface area contributed by atoms with Crippen LogP contribution in [0.2, 0.25) is 0 Å². The lowest BCUT2D eigenvalue weighted by Gasteiger charge is -2.31. The summed E-state index contributed by atoms with van der Waals surface area (Å²) in [7, 11) is 0. The van der Waals surface area contributed by atoms with Crippen LogP contribution in [-0.2, 0) is 22.4 Å². The maximum atomic E-state index is 12.6. The maximum absolute atomic E-state index is 12.6. The minimum Gasteiger partial charge on any atom is -0.450 e. The van der Waals surface area contributed by atoms with Crippen molar-refractivity contribution in [1.29, 1.82) is 0 Å². The lowest BCUT2D eigenvalue weighted by molar-refractivity contribution is -0.121. The quantitative estimate of drug-likeness (QED) is 0.631. The van der Waals surface area contributed by atoms with Gasteiger partial charge in [-0.15, -0.1) is 11.3 Å². The summed E-state index contributed by atoms with van der Waals surface area (Å²) >= 11 is 1.55. The first kappa shape index (κ1) is 21.4. The van der Waals surface area contributed by atoms with Crippen molar-refractivity contribution in [2.75, 3.05) is 19.7 Å². The molecule has 1 saturated heterocycles. The van der Waals surface area contributed by atoms with Gasteiger partial charge in [-0.1, -0.05) is 31.2 Å². The molecule has 0 bridgehead atoms. The number of fused-ring (bicyclic) bond motifs is 1. The molecule has 3 aromatic rings. The second kappa shape index (κ2) is 9.51. The average Bonchev–Trinajstić information content (AvgIpc) is 3.36. The Labute approximate surface area is 186 Å². The zero-order chi connectivity index (χ0) is 21.8. The third-order valence-electron chi connectivity index (χ3n) is 5.67. The van der Waals surface area contributed by atoms with Crippen LogP contribution in [-0.4, -0.2) is 52.0 Å². The van der Waals surface area contributed by atoms with E-state index in [9.17, 15) is 9.59 Å². The number of hydrogen-bond donors (Lipinski definition) is 1. The van der Waals surface area contributed by atoms with Gasteiger partial charge in [0.05, 0.1) is 18.7 Å². The van der Waals surface area contributed by atoms with E-state index in [1.807, 2.05) is 16.0 Å². The maximum Gasteiger partial charge on any atom is 0.409 e. The first-order valence-electron chi connectivity index (χ1n) is 10.8. The second-order valence-electron chi connectivity index (χ2n) is 7.76. The number of nitrogens with one attached hydrogen (secondary N) is 1. The highest BCUT2D eigenvalue weighted by molar-refractivity contribution is 7.15. The number of benzene rings is 1. The molecule has 0 radical (unpaired) electrons. The highest BCUT2D eigenvalue weighted by Crippen LogP contribution is 2.24. The Bertz CT molecular complexity index is 1050. The van der Waals surface area contributed by atoms with E-state index in [-0.39, 0.29) is 18.0 Å². The van der Waals surface area contributed by atoms with Crippen LogP contribution in [0.1, 0.15) is 37.9 Å². The van der Waals surface area contributed by atoms with Crippen LogP contribution in [0.15, 0.2) is 35.8 Å². The van der Waals surface area contributed by atoms with Crippen molar-refractivity contribution in [3.8, 4) is 11.3 Å². The van der Waals surface area contributed by atoms with E-state index in [4.69, 9.17) is 9.72 Å². The number of rotatable bonds is 6. The molecule has 31 heavy (non-hydrogen) atoms. The molecule has 0 saturated carbocycles. The molecule has 1 aliphatic heterocycles. The first-order valence-corrected chi connectivity index (χ1v) is 11.7. The van der Waals surface area contributed by atoms with Crippen LogP contribution >= 0.6 is 11.3 Å². The van der Waals surface area contributed by atoms with Gasteiger partial charge in [0.25, 0.3) is 0 Å². The number of carbonyl (C=O) groups excluding carboxylic acids is 2. The molecule has 4 rings (SSSR count). The fourth-order valence-electron chi connectivity index (χ4n) is 3.87. The third kappa shape index (κ3) is 4.90. The fourth-order valence-corrected chi connectivity index (χ4v) is 4.74. The number of aryl methyl sites for hydroxylation is 1. The lowest BCUT2D eigenvalue weighted by Crippen LogP contribution is -2.47. The standard InChI is InChI=1S/C23H28N4O3S/c1-3-16-5-7-17(8-6-16)20-14-27-19(15-31-22(27)25-20)13-21(28)24-18-9-11-26(12-10-18)23(29)30-4-2/h5-8,14-15,18H,3-4,9-13H2,1-2H3,(H,24,28). The molecule has 0 spiro atoms. The molecule has 0 unspecified atom stereocenters. The highest BCUT2D eigenvalue weighted by atomic mass is 32.1. The van der Waals surface area contributed by atoms with Gasteiger partial charge in [0.2, 0.25) is 5.91 Å². The molecule has 1 aliphatic rings. The molecule has 2 aromatic heterocycles. The molecular formula is C23H28N4O3S. The molecule has 3 heterocycles. The van der Waals surface area contributed by atoms with E-state index in [1.165, 1.54) is 5.56 Å². The number of amides is 2. The Morgan fingerprint density at radius 2 is 1.94 bits per heavy atom. The molecule has 8 heteroatoms. The predicted octanol–water partition coefficient (Wildman–Crippen LogP) is 3.90. The molecule has 0 atom stereocenters. The number of imidazole rings is 1. The van der Waals surface area contributed by atoms with Crippen LogP contribution in [0.4, 0.5) is 4.79 Å². The zero-order valence-corrected chi connectivity index (χ0v) is 18.8. The summed E-state index contributed by atoms with van der Waals surface area (Å²) < 4.78 is 7.06. The van der Waals surface area contributed by atoms with E-state index in [2.05, 4.69) is 36.5 Å². The molecule has 1 aromatic carbocycles.